The third-order valence-electron chi connectivity index (χ3n) is 4.06. The second-order valence-corrected chi connectivity index (χ2v) is 6.29. The van der Waals surface area contributed by atoms with Crippen molar-refractivity contribution in [2.45, 2.75) is 50.4 Å². The van der Waals surface area contributed by atoms with Crippen LogP contribution in [-0.2, 0) is 24.0 Å². The van der Waals surface area contributed by atoms with Crippen LogP contribution >= 0.6 is 0 Å². The minimum Gasteiger partial charge on any atom is -0.480 e. The van der Waals surface area contributed by atoms with Gasteiger partial charge in [-0.15, -0.1) is 0 Å². The van der Waals surface area contributed by atoms with E-state index < -0.39 is 66.8 Å². The number of primary amides is 1. The van der Waals surface area contributed by atoms with Crippen LogP contribution in [0.15, 0.2) is 0 Å². The Morgan fingerprint density at radius 1 is 1.19 bits per heavy atom. The van der Waals surface area contributed by atoms with Crippen LogP contribution in [0.2, 0.25) is 0 Å². The summed E-state index contributed by atoms with van der Waals surface area (Å²) in [6, 6.07) is -4.72. The number of carbonyl (C=O) groups is 5. The number of aliphatic hydroxyl groups is 1. The Morgan fingerprint density at radius 2 is 1.81 bits per heavy atom. The van der Waals surface area contributed by atoms with Gasteiger partial charge in [-0.3, -0.25) is 19.2 Å². The summed E-state index contributed by atoms with van der Waals surface area (Å²) in [6.45, 7) is 0.939. The molecule has 1 saturated heterocycles. The van der Waals surface area contributed by atoms with Crippen molar-refractivity contribution in [3.63, 3.8) is 0 Å². The van der Waals surface area contributed by atoms with Crippen molar-refractivity contribution >= 4 is 29.6 Å². The normalized spacial score (nSPS) is 19.7. The largest absolute Gasteiger partial charge is 0.480 e. The minimum absolute atomic E-state index is 0.330. The molecule has 12 heteroatoms. The molecule has 4 atom stereocenters. The quantitative estimate of drug-likeness (QED) is 0.231. The SMILES string of the molecule is CC(N)C(=O)N1CCCC1C(=O)NC(CC(N)=O)C(=O)NC(CO)C(=O)O. The maximum absolute atomic E-state index is 12.5. The van der Waals surface area contributed by atoms with Crippen LogP contribution in [-0.4, -0.2) is 82.0 Å². The van der Waals surface area contributed by atoms with Crippen molar-refractivity contribution in [1.29, 1.82) is 0 Å². The maximum atomic E-state index is 12.5. The van der Waals surface area contributed by atoms with Gasteiger partial charge in [0, 0.05) is 6.54 Å². The molecule has 0 bridgehead atoms. The van der Waals surface area contributed by atoms with E-state index in [0.717, 1.165) is 0 Å². The van der Waals surface area contributed by atoms with Gasteiger partial charge in [0.1, 0.15) is 18.1 Å². The van der Waals surface area contributed by atoms with Gasteiger partial charge in [-0.1, -0.05) is 0 Å². The Morgan fingerprint density at radius 3 is 2.30 bits per heavy atom. The average Bonchev–Trinajstić information content (AvgIpc) is 3.06. The first-order valence-corrected chi connectivity index (χ1v) is 8.37. The molecule has 1 aliphatic heterocycles. The standard InChI is InChI=1S/C15H25N5O7/c1-7(16)14(25)20-4-2-3-10(20)13(24)18-8(5-11(17)22)12(23)19-9(6-21)15(26)27/h7-10,21H,2-6,16H2,1H3,(H2,17,22)(H,18,24)(H,19,23)(H,26,27). The monoisotopic (exact) mass is 387 g/mol. The summed E-state index contributed by atoms with van der Waals surface area (Å²) in [5.74, 6) is -4.49. The maximum Gasteiger partial charge on any atom is 0.328 e. The lowest BCUT2D eigenvalue weighted by Gasteiger charge is -2.27. The molecule has 12 nitrogen and oxygen atoms in total. The fraction of sp³-hybridized carbons (Fsp3) is 0.667. The molecule has 0 spiro atoms. The fourth-order valence-corrected chi connectivity index (χ4v) is 2.70. The molecule has 152 valence electrons. The molecule has 0 aliphatic carbocycles. The van der Waals surface area contributed by atoms with Crippen LogP contribution in [0.1, 0.15) is 26.2 Å². The molecule has 0 aromatic rings. The first-order valence-electron chi connectivity index (χ1n) is 8.37. The van der Waals surface area contributed by atoms with Gasteiger partial charge in [0.05, 0.1) is 19.1 Å². The number of aliphatic carboxylic acids is 1. The average molecular weight is 387 g/mol. The van der Waals surface area contributed by atoms with E-state index in [2.05, 4.69) is 5.32 Å². The zero-order valence-corrected chi connectivity index (χ0v) is 14.9. The Hall–Kier alpha value is -2.73. The lowest BCUT2D eigenvalue weighted by molar-refractivity contribution is -0.144. The summed E-state index contributed by atoms with van der Waals surface area (Å²) < 4.78 is 0. The molecule has 1 heterocycles. The van der Waals surface area contributed by atoms with E-state index in [1.54, 1.807) is 0 Å². The molecule has 1 rings (SSSR count). The smallest absolute Gasteiger partial charge is 0.328 e. The summed E-state index contributed by atoms with van der Waals surface area (Å²) in [4.78, 5) is 60.3. The first-order chi connectivity index (χ1) is 12.6. The van der Waals surface area contributed by atoms with Crippen LogP contribution < -0.4 is 22.1 Å². The number of nitrogens with one attached hydrogen (secondary N) is 2. The Labute approximate surface area is 155 Å². The molecule has 8 N–H and O–H groups in total. The number of hydrogen-bond donors (Lipinski definition) is 6. The molecule has 4 amide bonds. The van der Waals surface area contributed by atoms with Gasteiger partial charge in [0.25, 0.3) is 0 Å². The molecule has 27 heavy (non-hydrogen) atoms. The van der Waals surface area contributed by atoms with Gasteiger partial charge in [-0.25, -0.2) is 4.79 Å². The number of carboxylic acid groups (broad SMARTS) is 1. The summed E-state index contributed by atoms with van der Waals surface area (Å²) in [6.07, 6.45) is 0.335. The minimum atomic E-state index is -1.60. The first kappa shape index (κ1) is 22.3. The summed E-state index contributed by atoms with van der Waals surface area (Å²) in [5.41, 5.74) is 10.6. The predicted octanol–water partition coefficient (Wildman–Crippen LogP) is -3.75. The highest BCUT2D eigenvalue weighted by atomic mass is 16.4. The topological polar surface area (TPSA) is 205 Å². The van der Waals surface area contributed by atoms with Crippen molar-refractivity contribution < 1.29 is 34.2 Å². The third kappa shape index (κ3) is 6.18. The molecule has 0 aromatic heterocycles. The second-order valence-electron chi connectivity index (χ2n) is 6.29. The van der Waals surface area contributed by atoms with Crippen LogP contribution in [0.25, 0.3) is 0 Å². The van der Waals surface area contributed by atoms with E-state index in [4.69, 9.17) is 21.7 Å². The van der Waals surface area contributed by atoms with E-state index in [0.29, 0.717) is 19.4 Å². The van der Waals surface area contributed by atoms with Crippen LogP contribution in [0.5, 0.6) is 0 Å². The van der Waals surface area contributed by atoms with E-state index in [1.165, 1.54) is 11.8 Å². The Kier molecular flexibility index (Phi) is 8.12. The van der Waals surface area contributed by atoms with Crippen molar-refractivity contribution in [1.82, 2.24) is 15.5 Å². The van der Waals surface area contributed by atoms with Crippen LogP contribution in [0.3, 0.4) is 0 Å². The molecule has 1 aliphatic rings. The molecule has 4 unspecified atom stereocenters. The fourth-order valence-electron chi connectivity index (χ4n) is 2.70. The number of carboxylic acids is 1. The van der Waals surface area contributed by atoms with Crippen molar-refractivity contribution in [3.05, 3.63) is 0 Å². The Balaban J connectivity index is 2.87. The molecule has 0 radical (unpaired) electrons. The summed E-state index contributed by atoms with van der Waals surface area (Å²) in [5, 5.41) is 22.2. The predicted molar refractivity (Wildman–Crippen MR) is 90.8 cm³/mol. The molecular weight excluding hydrogens is 362 g/mol. The number of nitrogens with two attached hydrogens (primary N) is 2. The number of amides is 4. The Bertz CT molecular complexity index is 609. The summed E-state index contributed by atoms with van der Waals surface area (Å²) >= 11 is 0. The van der Waals surface area contributed by atoms with E-state index in [9.17, 15) is 24.0 Å². The van der Waals surface area contributed by atoms with E-state index >= 15 is 0 Å². The highest BCUT2D eigenvalue weighted by molar-refractivity contribution is 5.96. The van der Waals surface area contributed by atoms with Gasteiger partial charge < -0.3 is 37.2 Å². The number of likely N-dealkylation sites (tertiary alicyclic amines) is 1. The highest BCUT2D eigenvalue weighted by Crippen LogP contribution is 2.18. The van der Waals surface area contributed by atoms with E-state index in [-0.39, 0.29) is 0 Å². The number of rotatable bonds is 9. The molecule has 1 fully saturated rings. The van der Waals surface area contributed by atoms with Gasteiger partial charge in [0.2, 0.25) is 23.6 Å². The third-order valence-corrected chi connectivity index (χ3v) is 4.06. The number of hydrogen-bond acceptors (Lipinski definition) is 7. The van der Waals surface area contributed by atoms with Crippen molar-refractivity contribution in [2.75, 3.05) is 13.2 Å². The van der Waals surface area contributed by atoms with Gasteiger partial charge in [0.15, 0.2) is 0 Å². The zero-order chi connectivity index (χ0) is 20.7. The van der Waals surface area contributed by atoms with Crippen LogP contribution in [0, 0.1) is 0 Å². The molecule has 0 saturated carbocycles. The number of nitrogens with zero attached hydrogens (tertiary/aromatic N) is 1. The van der Waals surface area contributed by atoms with Gasteiger partial charge in [-0.2, -0.15) is 0 Å². The molecule has 0 aromatic carbocycles. The zero-order valence-electron chi connectivity index (χ0n) is 14.9. The lowest BCUT2D eigenvalue weighted by Crippen LogP contribution is -2.57. The van der Waals surface area contributed by atoms with Crippen molar-refractivity contribution in [2.24, 2.45) is 11.5 Å². The number of carbonyl (C=O) groups excluding carboxylic acids is 4. The van der Waals surface area contributed by atoms with Gasteiger partial charge in [-0.05, 0) is 19.8 Å². The van der Waals surface area contributed by atoms with E-state index in [1.807, 2.05) is 5.32 Å². The van der Waals surface area contributed by atoms with Crippen LogP contribution in [0.4, 0.5) is 0 Å². The van der Waals surface area contributed by atoms with Gasteiger partial charge >= 0.3 is 5.97 Å². The second kappa shape index (κ2) is 9.83. The summed E-state index contributed by atoms with van der Waals surface area (Å²) in [7, 11) is 0. The van der Waals surface area contributed by atoms with Crippen molar-refractivity contribution in [3.8, 4) is 0 Å². The number of aliphatic hydroxyl groups excluding tert-OH is 1. The highest BCUT2D eigenvalue weighted by Gasteiger charge is 2.37. The molecular formula is C15H25N5O7. The lowest BCUT2D eigenvalue weighted by atomic mass is 10.1.